The summed E-state index contributed by atoms with van der Waals surface area (Å²) in [6, 6.07) is 0. The molecule has 5 heteroatoms. The van der Waals surface area contributed by atoms with Crippen LogP contribution in [0.4, 0.5) is 8.78 Å². The molecule has 2 saturated heterocycles. The molecule has 0 aromatic heterocycles. The van der Waals surface area contributed by atoms with E-state index in [0.717, 1.165) is 0 Å². The molecule has 0 aromatic carbocycles. The minimum absolute atomic E-state index is 0.389. The van der Waals surface area contributed by atoms with E-state index in [1.54, 1.807) is 0 Å². The molecule has 1 atom stereocenters. The van der Waals surface area contributed by atoms with E-state index in [0.29, 0.717) is 39.0 Å². The van der Waals surface area contributed by atoms with Crippen LogP contribution in [0.2, 0.25) is 0 Å². The summed E-state index contributed by atoms with van der Waals surface area (Å²) in [7, 11) is 0. The Kier molecular flexibility index (Phi) is 2.99. The van der Waals surface area contributed by atoms with Gasteiger partial charge in [-0.3, -0.25) is 5.32 Å². The van der Waals surface area contributed by atoms with Gasteiger partial charge in [0.2, 0.25) is 0 Å². The first-order valence-electron chi connectivity index (χ1n) is 5.01. The molecule has 2 aliphatic heterocycles. The van der Waals surface area contributed by atoms with Crippen molar-refractivity contribution in [1.29, 1.82) is 0 Å². The van der Waals surface area contributed by atoms with Gasteiger partial charge in [0.1, 0.15) is 11.8 Å². The standard InChI is InChI=1S/C9H15F2NO2/c10-8(11)7-1-4-12-9(14-7)2-5-13-6-3-9/h7-8,12H,1-6H2. The van der Waals surface area contributed by atoms with Crippen LogP contribution < -0.4 is 5.32 Å². The van der Waals surface area contributed by atoms with Crippen molar-refractivity contribution in [3.8, 4) is 0 Å². The van der Waals surface area contributed by atoms with Gasteiger partial charge in [0.15, 0.2) is 0 Å². The molecule has 1 unspecified atom stereocenters. The average molecular weight is 207 g/mol. The normalized spacial score (nSPS) is 32.4. The lowest BCUT2D eigenvalue weighted by Gasteiger charge is -2.44. The number of hydrogen-bond acceptors (Lipinski definition) is 3. The van der Waals surface area contributed by atoms with Crippen LogP contribution in [0.25, 0.3) is 0 Å². The summed E-state index contributed by atoms with van der Waals surface area (Å²) in [5.41, 5.74) is -0.544. The summed E-state index contributed by atoms with van der Waals surface area (Å²) in [6.07, 6.45) is -1.57. The molecule has 0 bridgehead atoms. The molecule has 2 aliphatic rings. The molecule has 0 aliphatic carbocycles. The van der Waals surface area contributed by atoms with E-state index in [2.05, 4.69) is 5.32 Å². The van der Waals surface area contributed by atoms with Crippen LogP contribution in [0.5, 0.6) is 0 Å². The Bertz CT molecular complexity index is 190. The third-order valence-corrected chi connectivity index (χ3v) is 2.83. The molecule has 1 spiro atoms. The third kappa shape index (κ3) is 2.04. The number of halogens is 2. The van der Waals surface area contributed by atoms with Gasteiger partial charge in [-0.1, -0.05) is 0 Å². The van der Waals surface area contributed by atoms with Gasteiger partial charge in [-0.05, 0) is 6.42 Å². The van der Waals surface area contributed by atoms with Gasteiger partial charge in [-0.25, -0.2) is 8.78 Å². The predicted octanol–water partition coefficient (Wildman–Crippen LogP) is 1.14. The van der Waals surface area contributed by atoms with Crippen LogP contribution >= 0.6 is 0 Å². The SMILES string of the molecule is FC(F)C1CCNC2(CCOCC2)O1. The minimum Gasteiger partial charge on any atom is -0.381 e. The zero-order valence-electron chi connectivity index (χ0n) is 7.97. The van der Waals surface area contributed by atoms with Crippen LogP contribution in [0, 0.1) is 0 Å². The van der Waals surface area contributed by atoms with E-state index in [9.17, 15) is 8.78 Å². The van der Waals surface area contributed by atoms with Crippen molar-refractivity contribution in [3.05, 3.63) is 0 Å². The van der Waals surface area contributed by atoms with Crippen LogP contribution in [-0.4, -0.2) is 38.0 Å². The highest BCUT2D eigenvalue weighted by molar-refractivity contribution is 4.87. The Labute approximate surface area is 81.8 Å². The maximum atomic E-state index is 12.5. The summed E-state index contributed by atoms with van der Waals surface area (Å²) < 4.78 is 35.6. The van der Waals surface area contributed by atoms with Crippen molar-refractivity contribution in [1.82, 2.24) is 5.32 Å². The molecular weight excluding hydrogens is 192 g/mol. The van der Waals surface area contributed by atoms with Gasteiger partial charge in [-0.15, -0.1) is 0 Å². The van der Waals surface area contributed by atoms with Gasteiger partial charge in [0.05, 0.1) is 13.2 Å². The second-order valence-corrected chi connectivity index (χ2v) is 3.81. The molecule has 0 saturated carbocycles. The zero-order valence-corrected chi connectivity index (χ0v) is 7.97. The van der Waals surface area contributed by atoms with Gasteiger partial charge in [0, 0.05) is 19.4 Å². The molecule has 0 aromatic rings. The number of nitrogens with one attached hydrogen (secondary N) is 1. The maximum Gasteiger partial charge on any atom is 0.264 e. The van der Waals surface area contributed by atoms with Crippen LogP contribution in [0.3, 0.4) is 0 Å². The fraction of sp³-hybridized carbons (Fsp3) is 1.00. The van der Waals surface area contributed by atoms with E-state index in [4.69, 9.17) is 9.47 Å². The highest BCUT2D eigenvalue weighted by Crippen LogP contribution is 2.29. The molecule has 0 amide bonds. The molecule has 2 heterocycles. The smallest absolute Gasteiger partial charge is 0.264 e. The van der Waals surface area contributed by atoms with Gasteiger partial charge >= 0.3 is 0 Å². The zero-order chi connectivity index (χ0) is 10.0. The highest BCUT2D eigenvalue weighted by atomic mass is 19.3. The maximum absolute atomic E-state index is 12.5. The lowest BCUT2D eigenvalue weighted by Crippen LogP contribution is -2.58. The molecule has 3 nitrogen and oxygen atoms in total. The van der Waals surface area contributed by atoms with Crippen molar-refractivity contribution in [2.24, 2.45) is 0 Å². The second kappa shape index (κ2) is 4.08. The van der Waals surface area contributed by atoms with E-state index in [1.807, 2.05) is 0 Å². The first kappa shape index (κ1) is 10.3. The van der Waals surface area contributed by atoms with Crippen LogP contribution in [0.1, 0.15) is 19.3 Å². The van der Waals surface area contributed by atoms with E-state index >= 15 is 0 Å². The van der Waals surface area contributed by atoms with E-state index in [-0.39, 0.29) is 0 Å². The van der Waals surface area contributed by atoms with Gasteiger partial charge < -0.3 is 9.47 Å². The Morgan fingerprint density at radius 3 is 2.64 bits per heavy atom. The first-order valence-corrected chi connectivity index (χ1v) is 5.01. The van der Waals surface area contributed by atoms with Crippen molar-refractivity contribution in [2.75, 3.05) is 19.8 Å². The number of rotatable bonds is 1. The van der Waals surface area contributed by atoms with Gasteiger partial charge in [0.25, 0.3) is 6.43 Å². The predicted molar refractivity (Wildman–Crippen MR) is 46.3 cm³/mol. The molecule has 0 radical (unpaired) electrons. The molecular formula is C9H15F2NO2. The molecule has 2 fully saturated rings. The summed E-state index contributed by atoms with van der Waals surface area (Å²) in [5, 5.41) is 3.18. The van der Waals surface area contributed by atoms with Gasteiger partial charge in [-0.2, -0.15) is 0 Å². The Morgan fingerprint density at radius 2 is 2.00 bits per heavy atom. The Morgan fingerprint density at radius 1 is 1.29 bits per heavy atom. The highest BCUT2D eigenvalue weighted by Gasteiger charge is 2.41. The van der Waals surface area contributed by atoms with Crippen molar-refractivity contribution in [2.45, 2.75) is 37.5 Å². The quantitative estimate of drug-likeness (QED) is 0.699. The largest absolute Gasteiger partial charge is 0.381 e. The fourth-order valence-corrected chi connectivity index (χ4v) is 2.01. The number of hydrogen-bond donors (Lipinski definition) is 1. The van der Waals surface area contributed by atoms with E-state index < -0.39 is 18.3 Å². The summed E-state index contributed by atoms with van der Waals surface area (Å²) in [5.74, 6) is 0. The molecule has 82 valence electrons. The topological polar surface area (TPSA) is 30.5 Å². The average Bonchev–Trinajstić information content (AvgIpc) is 2.19. The lowest BCUT2D eigenvalue weighted by atomic mass is 10.0. The summed E-state index contributed by atoms with van der Waals surface area (Å²) in [6.45, 7) is 1.78. The van der Waals surface area contributed by atoms with Crippen molar-refractivity contribution in [3.63, 3.8) is 0 Å². The fourth-order valence-electron chi connectivity index (χ4n) is 2.01. The molecule has 1 N–H and O–H groups in total. The van der Waals surface area contributed by atoms with Crippen LogP contribution in [0.15, 0.2) is 0 Å². The molecule has 14 heavy (non-hydrogen) atoms. The Hall–Kier alpha value is -0.260. The van der Waals surface area contributed by atoms with Crippen LogP contribution in [-0.2, 0) is 9.47 Å². The van der Waals surface area contributed by atoms with Crippen molar-refractivity contribution >= 4 is 0 Å². The summed E-state index contributed by atoms with van der Waals surface area (Å²) >= 11 is 0. The first-order chi connectivity index (χ1) is 6.72. The number of alkyl halides is 2. The van der Waals surface area contributed by atoms with E-state index in [1.165, 1.54) is 0 Å². The number of ether oxygens (including phenoxy) is 2. The third-order valence-electron chi connectivity index (χ3n) is 2.83. The lowest BCUT2D eigenvalue weighted by molar-refractivity contribution is -0.211. The second-order valence-electron chi connectivity index (χ2n) is 3.81. The minimum atomic E-state index is -2.38. The monoisotopic (exact) mass is 207 g/mol. The molecule has 2 rings (SSSR count). The summed E-state index contributed by atoms with van der Waals surface area (Å²) in [4.78, 5) is 0. The Balaban J connectivity index is 1.97. The van der Waals surface area contributed by atoms with Crippen molar-refractivity contribution < 1.29 is 18.3 Å².